The van der Waals surface area contributed by atoms with E-state index in [2.05, 4.69) is 135 Å². The summed E-state index contributed by atoms with van der Waals surface area (Å²) in [5.41, 5.74) is 13.0. The van der Waals surface area contributed by atoms with Gasteiger partial charge in [0, 0.05) is 43.9 Å². The number of hydrogen-bond acceptors (Lipinski definition) is 4. The zero-order chi connectivity index (χ0) is 37.2. The van der Waals surface area contributed by atoms with Gasteiger partial charge in [-0.1, -0.05) is 141 Å². The van der Waals surface area contributed by atoms with Crippen molar-refractivity contribution in [1.82, 2.24) is 15.0 Å². The van der Waals surface area contributed by atoms with Crippen LogP contribution in [-0.4, -0.2) is 15.0 Å². The summed E-state index contributed by atoms with van der Waals surface area (Å²) in [5, 5.41) is 2.26. The molecular weight excluding hydrogens is 683 g/mol. The largest absolute Gasteiger partial charge is 0.455 e. The minimum Gasteiger partial charge on any atom is -0.455 e. The molecule has 4 fully saturated rings. The van der Waals surface area contributed by atoms with Crippen molar-refractivity contribution >= 4 is 21.9 Å². The summed E-state index contributed by atoms with van der Waals surface area (Å²) < 4.78 is 6.39. The first-order valence-corrected chi connectivity index (χ1v) is 20.5. The monoisotopic (exact) mass is 725 g/mol. The molecule has 5 aliphatic rings. The summed E-state index contributed by atoms with van der Waals surface area (Å²) in [5.74, 6) is 5.20. The maximum Gasteiger partial charge on any atom is 0.164 e. The molecule has 0 amide bonds. The number of rotatable bonds is 4. The van der Waals surface area contributed by atoms with Crippen LogP contribution in [0.3, 0.4) is 0 Å². The molecule has 272 valence electrons. The van der Waals surface area contributed by atoms with Crippen LogP contribution < -0.4 is 0 Å². The normalized spacial score (nSPS) is 24.1. The van der Waals surface area contributed by atoms with Crippen LogP contribution in [0, 0.1) is 23.7 Å². The summed E-state index contributed by atoms with van der Waals surface area (Å²) in [6.07, 6.45) is 6.83. The van der Waals surface area contributed by atoms with Crippen molar-refractivity contribution in [3.05, 3.63) is 162 Å². The van der Waals surface area contributed by atoms with E-state index < -0.39 is 0 Å². The van der Waals surface area contributed by atoms with Gasteiger partial charge in [-0.3, -0.25) is 0 Å². The molecule has 0 saturated heterocycles. The van der Waals surface area contributed by atoms with Crippen molar-refractivity contribution < 1.29 is 4.42 Å². The number of benzene rings is 6. The molecule has 4 bridgehead atoms. The molecule has 0 atom stereocenters. The molecule has 0 aliphatic heterocycles. The fourth-order valence-corrected chi connectivity index (χ4v) is 12.2. The van der Waals surface area contributed by atoms with E-state index in [9.17, 15) is 0 Å². The number of hydrogen-bond donors (Lipinski definition) is 0. The summed E-state index contributed by atoms with van der Waals surface area (Å²) in [7, 11) is 0. The Morgan fingerprint density at radius 3 is 1.75 bits per heavy atom. The lowest BCUT2D eigenvalue weighted by Gasteiger charge is -2.64. The molecule has 1 spiro atoms. The van der Waals surface area contributed by atoms with Crippen molar-refractivity contribution in [3.63, 3.8) is 0 Å². The Balaban J connectivity index is 1.01. The molecule has 5 aliphatic carbocycles. The lowest BCUT2D eigenvalue weighted by atomic mass is 9.39. The maximum absolute atomic E-state index is 6.39. The average Bonchev–Trinajstić information content (AvgIpc) is 3.63. The Hall–Kier alpha value is -5.87. The Bertz CT molecular complexity index is 2820. The van der Waals surface area contributed by atoms with Crippen LogP contribution in [0.2, 0.25) is 0 Å². The van der Waals surface area contributed by atoms with E-state index in [4.69, 9.17) is 19.4 Å². The first-order chi connectivity index (χ1) is 27.4. The van der Waals surface area contributed by atoms with Gasteiger partial charge in [-0.25, -0.2) is 15.0 Å². The predicted octanol–water partition coefficient (Wildman–Crippen LogP) is 12.8. The second-order valence-corrected chi connectivity index (χ2v) is 17.6. The van der Waals surface area contributed by atoms with Gasteiger partial charge < -0.3 is 4.42 Å². The first-order valence-electron chi connectivity index (χ1n) is 20.5. The van der Waals surface area contributed by atoms with E-state index in [1.807, 2.05) is 18.2 Å². The van der Waals surface area contributed by atoms with E-state index in [0.717, 1.165) is 67.4 Å². The van der Waals surface area contributed by atoms with Crippen LogP contribution in [0.4, 0.5) is 0 Å². The van der Waals surface area contributed by atoms with Gasteiger partial charge in [-0.15, -0.1) is 0 Å². The Morgan fingerprint density at radius 1 is 0.464 bits per heavy atom. The van der Waals surface area contributed by atoms with E-state index in [0.29, 0.717) is 23.5 Å². The lowest BCUT2D eigenvalue weighted by molar-refractivity contribution is -0.0443. The minimum absolute atomic E-state index is 0.0293. The highest BCUT2D eigenvalue weighted by Gasteiger charge is 2.62. The predicted molar refractivity (Wildman–Crippen MR) is 225 cm³/mol. The van der Waals surface area contributed by atoms with Gasteiger partial charge >= 0.3 is 0 Å². The van der Waals surface area contributed by atoms with Crippen molar-refractivity contribution in [2.75, 3.05) is 0 Å². The Morgan fingerprint density at radius 2 is 1.02 bits per heavy atom. The Kier molecular flexibility index (Phi) is 6.83. The molecule has 0 unspecified atom stereocenters. The zero-order valence-corrected chi connectivity index (χ0v) is 31.9. The smallest absolute Gasteiger partial charge is 0.164 e. The third-order valence-electron chi connectivity index (χ3n) is 14.4. The summed E-state index contributed by atoms with van der Waals surface area (Å²) in [6.45, 7) is 4.86. The average molecular weight is 726 g/mol. The van der Waals surface area contributed by atoms with Gasteiger partial charge in [-0.2, -0.15) is 0 Å². The maximum atomic E-state index is 6.39. The third-order valence-corrected chi connectivity index (χ3v) is 14.4. The van der Waals surface area contributed by atoms with Crippen molar-refractivity contribution in [1.29, 1.82) is 0 Å². The number of fused-ring (bicyclic) bond motifs is 5. The lowest BCUT2D eigenvalue weighted by Crippen LogP contribution is -2.58. The third kappa shape index (κ3) is 4.56. The van der Waals surface area contributed by atoms with Crippen molar-refractivity contribution in [3.8, 4) is 45.3 Å². The molecule has 4 nitrogen and oxygen atoms in total. The van der Waals surface area contributed by atoms with Gasteiger partial charge in [0.1, 0.15) is 11.2 Å². The molecule has 13 rings (SSSR count). The van der Waals surface area contributed by atoms with E-state index in [1.165, 1.54) is 48.8 Å². The van der Waals surface area contributed by atoms with Crippen LogP contribution in [0.5, 0.6) is 0 Å². The second-order valence-electron chi connectivity index (χ2n) is 17.6. The molecule has 8 aromatic rings. The number of aromatic nitrogens is 3. The highest BCUT2D eigenvalue weighted by molar-refractivity contribution is 6.09. The van der Waals surface area contributed by atoms with Crippen LogP contribution in [-0.2, 0) is 10.8 Å². The molecule has 4 heteroatoms. The highest BCUT2D eigenvalue weighted by atomic mass is 16.3. The summed E-state index contributed by atoms with van der Waals surface area (Å²) in [6, 6.07) is 50.3. The van der Waals surface area contributed by atoms with Gasteiger partial charge in [0.15, 0.2) is 17.5 Å². The van der Waals surface area contributed by atoms with Crippen LogP contribution in [0.25, 0.3) is 67.2 Å². The van der Waals surface area contributed by atoms with Crippen molar-refractivity contribution in [2.24, 2.45) is 23.7 Å². The second kappa shape index (κ2) is 11.8. The molecule has 2 heterocycles. The van der Waals surface area contributed by atoms with E-state index in [-0.39, 0.29) is 10.8 Å². The van der Waals surface area contributed by atoms with Gasteiger partial charge in [0.05, 0.1) is 0 Å². The molecular formula is C52H43N3O. The molecule has 2 aromatic heterocycles. The van der Waals surface area contributed by atoms with Crippen LogP contribution in [0.1, 0.15) is 68.2 Å². The standard InChI is InChI=1S/C52H43N3O/c1-51(2)42-16-7-8-17-44(42)52(37-26-31-25-32(28-37)29-38(52)27-31)45-30-36(23-24-43(45)51)50-54-48(34-11-4-3-5-12-34)53-49(55-50)35-21-19-33(20-22-35)39-14-10-15-41-40-13-6-9-18-46(40)56-47(39)41/h3-24,30-32,37-38H,25-29H2,1-2H3. The molecule has 6 aromatic carbocycles. The summed E-state index contributed by atoms with van der Waals surface area (Å²) >= 11 is 0. The Labute approximate surface area is 327 Å². The minimum atomic E-state index is -0.0989. The van der Waals surface area contributed by atoms with E-state index in [1.54, 1.807) is 5.56 Å². The SMILES string of the molecule is CC1(C)c2ccccc2C2(c3cc(-c4nc(-c5ccccc5)nc(-c5ccc(-c6cccc7c6oc6ccccc67)cc5)n4)ccc31)C1CC3CC(C1)CC2C3. The van der Waals surface area contributed by atoms with Crippen molar-refractivity contribution in [2.45, 2.75) is 56.8 Å². The number of para-hydroxylation sites is 2. The zero-order valence-electron chi connectivity index (χ0n) is 31.9. The van der Waals surface area contributed by atoms with Gasteiger partial charge in [0.25, 0.3) is 0 Å². The van der Waals surface area contributed by atoms with E-state index >= 15 is 0 Å². The fourth-order valence-electron chi connectivity index (χ4n) is 12.2. The number of nitrogens with zero attached hydrogens (tertiary/aromatic N) is 3. The van der Waals surface area contributed by atoms with Crippen LogP contribution >= 0.6 is 0 Å². The van der Waals surface area contributed by atoms with Crippen LogP contribution in [0.15, 0.2) is 144 Å². The molecule has 0 radical (unpaired) electrons. The molecule has 56 heavy (non-hydrogen) atoms. The molecule has 4 saturated carbocycles. The number of furan rings is 1. The fraction of sp³-hybridized carbons (Fsp3) is 0.250. The summed E-state index contributed by atoms with van der Waals surface area (Å²) in [4.78, 5) is 15.7. The highest BCUT2D eigenvalue weighted by Crippen LogP contribution is 2.68. The van der Waals surface area contributed by atoms with Gasteiger partial charge in [-0.05, 0) is 95.7 Å². The molecule has 0 N–H and O–H groups in total. The quantitative estimate of drug-likeness (QED) is 0.181. The first kappa shape index (κ1) is 32.4. The topological polar surface area (TPSA) is 51.8 Å². The van der Waals surface area contributed by atoms with Gasteiger partial charge in [0.2, 0.25) is 0 Å².